The third-order valence-electron chi connectivity index (χ3n) is 4.86. The van der Waals surface area contributed by atoms with E-state index in [-0.39, 0.29) is 5.97 Å². The highest BCUT2D eigenvalue weighted by Gasteiger charge is 2.22. The van der Waals surface area contributed by atoms with Gasteiger partial charge in [0.1, 0.15) is 12.4 Å². The van der Waals surface area contributed by atoms with Gasteiger partial charge < -0.3 is 14.2 Å². The summed E-state index contributed by atoms with van der Waals surface area (Å²) >= 11 is 3.57. The molecule has 31 heavy (non-hydrogen) atoms. The highest BCUT2D eigenvalue weighted by molar-refractivity contribution is 9.10. The van der Waals surface area contributed by atoms with Gasteiger partial charge in [0.05, 0.1) is 17.2 Å². The van der Waals surface area contributed by atoms with Crippen molar-refractivity contribution >= 4 is 33.7 Å². The van der Waals surface area contributed by atoms with Crippen LogP contribution < -0.4 is 9.47 Å². The molecule has 1 aliphatic heterocycles. The van der Waals surface area contributed by atoms with E-state index in [1.54, 1.807) is 19.3 Å². The lowest BCUT2D eigenvalue weighted by molar-refractivity contribution is -0.130. The Bertz CT molecular complexity index is 1160. The van der Waals surface area contributed by atoms with Gasteiger partial charge in [0.2, 0.25) is 0 Å². The number of carbonyl (C=O) groups excluding carboxylic acids is 1. The number of rotatable bonds is 6. The predicted molar refractivity (Wildman–Crippen MR) is 125 cm³/mol. The number of benzene rings is 3. The Labute approximate surface area is 189 Å². The van der Waals surface area contributed by atoms with Crippen molar-refractivity contribution < 1.29 is 19.0 Å². The van der Waals surface area contributed by atoms with E-state index in [4.69, 9.17) is 14.2 Å². The maximum Gasteiger partial charge on any atom is 0.343 e. The maximum atomic E-state index is 12.4. The molecule has 1 aliphatic rings. The zero-order chi connectivity index (χ0) is 21.8. The number of carbonyl (C=O) groups is 1. The minimum absolute atomic E-state index is 0.380. The first-order chi connectivity index (χ1) is 15.0. The molecule has 0 amide bonds. The molecule has 0 spiro atoms. The van der Waals surface area contributed by atoms with Gasteiger partial charge in [0.15, 0.2) is 11.5 Å². The molecule has 0 bridgehead atoms. The third kappa shape index (κ3) is 4.89. The van der Waals surface area contributed by atoms with E-state index < -0.39 is 0 Å². The molecule has 4 nitrogen and oxygen atoms in total. The van der Waals surface area contributed by atoms with E-state index in [9.17, 15) is 4.79 Å². The van der Waals surface area contributed by atoms with Crippen molar-refractivity contribution in [2.45, 2.75) is 13.5 Å². The molecule has 156 valence electrons. The minimum atomic E-state index is -0.380. The topological polar surface area (TPSA) is 44.8 Å². The molecule has 0 unspecified atom stereocenters. The van der Waals surface area contributed by atoms with Gasteiger partial charge in [-0.3, -0.25) is 0 Å². The van der Waals surface area contributed by atoms with Crippen LogP contribution in [0.4, 0.5) is 0 Å². The van der Waals surface area contributed by atoms with Gasteiger partial charge in [-0.25, -0.2) is 4.79 Å². The summed E-state index contributed by atoms with van der Waals surface area (Å²) in [6.45, 7) is 2.44. The molecule has 0 fully saturated rings. The molecule has 0 aliphatic carbocycles. The fourth-order valence-electron chi connectivity index (χ4n) is 3.22. The summed E-state index contributed by atoms with van der Waals surface area (Å²) in [5.41, 5.74) is 4.35. The number of aryl methyl sites for hydroxylation is 1. The van der Waals surface area contributed by atoms with Crippen LogP contribution in [-0.2, 0) is 16.1 Å². The summed E-state index contributed by atoms with van der Waals surface area (Å²) in [6.07, 6.45) is 3.53. The third-order valence-corrected chi connectivity index (χ3v) is 5.45. The van der Waals surface area contributed by atoms with Crippen molar-refractivity contribution in [2.24, 2.45) is 0 Å². The molecule has 1 heterocycles. The van der Waals surface area contributed by atoms with E-state index in [1.807, 2.05) is 73.7 Å². The first-order valence-corrected chi connectivity index (χ1v) is 10.6. The molecule has 3 aromatic carbocycles. The molecule has 3 aromatic rings. The minimum Gasteiger partial charge on any atom is -0.493 e. The number of methoxy groups -OCH3 is 1. The average molecular weight is 477 g/mol. The van der Waals surface area contributed by atoms with Gasteiger partial charge in [0.25, 0.3) is 0 Å². The summed E-state index contributed by atoms with van der Waals surface area (Å²) in [6, 6.07) is 21.5. The summed E-state index contributed by atoms with van der Waals surface area (Å²) < 4.78 is 17.7. The molecule has 0 atom stereocenters. The lowest BCUT2D eigenvalue weighted by Crippen LogP contribution is -1.99. The highest BCUT2D eigenvalue weighted by atomic mass is 79.9. The Morgan fingerprint density at radius 1 is 1.03 bits per heavy atom. The summed E-state index contributed by atoms with van der Waals surface area (Å²) in [4.78, 5) is 12.4. The number of esters is 1. The monoisotopic (exact) mass is 476 g/mol. The number of ether oxygens (including phenoxy) is 3. The molecule has 0 radical (unpaired) electrons. The average Bonchev–Trinajstić information content (AvgIpc) is 3.14. The molecule has 5 heteroatoms. The van der Waals surface area contributed by atoms with Crippen LogP contribution >= 0.6 is 15.9 Å². The van der Waals surface area contributed by atoms with E-state index in [0.29, 0.717) is 29.4 Å². The van der Waals surface area contributed by atoms with Crippen LogP contribution in [-0.4, -0.2) is 13.1 Å². The van der Waals surface area contributed by atoms with Gasteiger partial charge in [-0.15, -0.1) is 0 Å². The van der Waals surface area contributed by atoms with Crippen LogP contribution in [0.25, 0.3) is 11.8 Å². The second-order valence-electron chi connectivity index (χ2n) is 7.17. The van der Waals surface area contributed by atoms with E-state index >= 15 is 0 Å². The lowest BCUT2D eigenvalue weighted by atomic mass is 10.1. The SMILES string of the molecule is COc1cc(/C=C2\C=C(c3ccc(C)cc3)OC2=O)cc(Br)c1OCc1ccccc1. The molecular weight excluding hydrogens is 456 g/mol. The molecule has 0 saturated carbocycles. The molecule has 0 N–H and O–H groups in total. The van der Waals surface area contributed by atoms with Crippen LogP contribution in [0, 0.1) is 6.92 Å². The van der Waals surface area contributed by atoms with Crippen molar-refractivity contribution in [3.8, 4) is 11.5 Å². The van der Waals surface area contributed by atoms with E-state index in [2.05, 4.69) is 15.9 Å². The highest BCUT2D eigenvalue weighted by Crippen LogP contribution is 2.38. The van der Waals surface area contributed by atoms with Crippen molar-refractivity contribution in [3.63, 3.8) is 0 Å². The zero-order valence-corrected chi connectivity index (χ0v) is 18.8. The molecule has 4 rings (SSSR count). The number of halogens is 1. The van der Waals surface area contributed by atoms with Gasteiger partial charge in [-0.05, 0) is 58.3 Å². The molecule has 0 aromatic heterocycles. The van der Waals surface area contributed by atoms with Crippen molar-refractivity contribution in [1.82, 2.24) is 0 Å². The largest absolute Gasteiger partial charge is 0.493 e. The normalized spacial score (nSPS) is 14.4. The summed E-state index contributed by atoms with van der Waals surface area (Å²) in [5, 5.41) is 0. The predicted octanol–water partition coefficient (Wildman–Crippen LogP) is 6.33. The van der Waals surface area contributed by atoms with Gasteiger partial charge in [-0.2, -0.15) is 0 Å². The maximum absolute atomic E-state index is 12.4. The molecular formula is C26H21BrO4. The van der Waals surface area contributed by atoms with Gasteiger partial charge in [0, 0.05) is 5.56 Å². The van der Waals surface area contributed by atoms with Crippen LogP contribution in [0.1, 0.15) is 22.3 Å². The van der Waals surface area contributed by atoms with Crippen LogP contribution in [0.3, 0.4) is 0 Å². The van der Waals surface area contributed by atoms with E-state index in [1.165, 1.54) is 0 Å². The second-order valence-corrected chi connectivity index (χ2v) is 8.03. The van der Waals surface area contributed by atoms with Gasteiger partial charge in [-0.1, -0.05) is 60.2 Å². The van der Waals surface area contributed by atoms with Crippen LogP contribution in [0.15, 0.2) is 82.9 Å². The smallest absolute Gasteiger partial charge is 0.343 e. The van der Waals surface area contributed by atoms with Crippen LogP contribution in [0.2, 0.25) is 0 Å². The van der Waals surface area contributed by atoms with Crippen molar-refractivity contribution in [3.05, 3.63) is 105 Å². The van der Waals surface area contributed by atoms with Crippen molar-refractivity contribution in [1.29, 1.82) is 0 Å². The Morgan fingerprint density at radius 2 is 1.77 bits per heavy atom. The second kappa shape index (κ2) is 9.23. The Hall–Kier alpha value is -3.31. The lowest BCUT2D eigenvalue weighted by Gasteiger charge is -2.13. The quantitative estimate of drug-likeness (QED) is 0.308. The zero-order valence-electron chi connectivity index (χ0n) is 17.2. The number of hydrogen-bond donors (Lipinski definition) is 0. The standard InChI is InChI=1S/C26H21BrO4/c1-17-8-10-20(11-9-17)23-15-21(26(28)31-23)12-19-13-22(27)25(24(14-19)29-2)30-16-18-6-4-3-5-7-18/h3-15H,16H2,1-2H3/b21-12+. The summed E-state index contributed by atoms with van der Waals surface area (Å²) in [7, 11) is 1.59. The van der Waals surface area contributed by atoms with E-state index in [0.717, 1.165) is 26.7 Å². The van der Waals surface area contributed by atoms with Gasteiger partial charge >= 0.3 is 5.97 Å². The Kier molecular flexibility index (Phi) is 6.23. The first kappa shape index (κ1) is 20.9. The van der Waals surface area contributed by atoms with Crippen LogP contribution in [0.5, 0.6) is 11.5 Å². The number of hydrogen-bond acceptors (Lipinski definition) is 4. The first-order valence-electron chi connectivity index (χ1n) is 9.80. The fraction of sp³-hybridized carbons (Fsp3) is 0.115. The number of cyclic esters (lactones) is 1. The Morgan fingerprint density at radius 3 is 2.48 bits per heavy atom. The fourth-order valence-corrected chi connectivity index (χ4v) is 3.80. The molecule has 0 saturated heterocycles. The Balaban J connectivity index is 1.59. The summed E-state index contributed by atoms with van der Waals surface area (Å²) in [5.74, 6) is 1.35. The van der Waals surface area contributed by atoms with Crippen molar-refractivity contribution in [2.75, 3.05) is 7.11 Å².